The van der Waals surface area contributed by atoms with Crippen molar-refractivity contribution in [1.82, 2.24) is 9.55 Å². The number of benzene rings is 2. The first kappa shape index (κ1) is 17.9. The van der Waals surface area contributed by atoms with Crippen molar-refractivity contribution in [2.45, 2.75) is 19.4 Å². The van der Waals surface area contributed by atoms with Gasteiger partial charge in [0.1, 0.15) is 11.6 Å². The lowest BCUT2D eigenvalue weighted by molar-refractivity contribution is -0.115. The first-order valence-corrected chi connectivity index (χ1v) is 8.99. The Kier molecular flexibility index (Phi) is 4.65. The third-order valence-corrected chi connectivity index (χ3v) is 4.85. The number of fused-ring (bicyclic) bond motifs is 3. The molecule has 0 saturated carbocycles. The number of amides is 1. The number of aryl methyl sites for hydroxylation is 1. The Morgan fingerprint density at radius 1 is 1.18 bits per heavy atom. The van der Waals surface area contributed by atoms with Gasteiger partial charge >= 0.3 is 0 Å². The highest BCUT2D eigenvalue weighted by Gasteiger charge is 2.24. The molecule has 7 heteroatoms. The third kappa shape index (κ3) is 3.15. The Morgan fingerprint density at radius 3 is 2.75 bits per heavy atom. The number of carbonyl (C=O) groups excluding carboxylic acids is 1. The van der Waals surface area contributed by atoms with E-state index in [1.807, 2.05) is 28.8 Å². The van der Waals surface area contributed by atoms with Gasteiger partial charge in [-0.1, -0.05) is 12.1 Å². The van der Waals surface area contributed by atoms with Gasteiger partial charge in [0.15, 0.2) is 11.5 Å². The van der Waals surface area contributed by atoms with Gasteiger partial charge in [0.05, 0.1) is 31.7 Å². The van der Waals surface area contributed by atoms with E-state index >= 15 is 0 Å². The molecule has 4 rings (SSSR count). The number of aliphatic hydroxyl groups excluding tert-OH is 1. The number of nitrogens with zero attached hydrogens (tertiary/aromatic N) is 2. The van der Waals surface area contributed by atoms with E-state index in [4.69, 9.17) is 9.47 Å². The van der Waals surface area contributed by atoms with Crippen LogP contribution in [0.4, 0.5) is 5.69 Å². The van der Waals surface area contributed by atoms with Crippen molar-refractivity contribution >= 4 is 28.2 Å². The van der Waals surface area contributed by atoms with Crippen molar-refractivity contribution in [3.8, 4) is 11.5 Å². The minimum absolute atomic E-state index is 0.0312. The fourth-order valence-electron chi connectivity index (χ4n) is 3.49. The molecule has 0 bridgehead atoms. The second-order valence-corrected chi connectivity index (χ2v) is 6.55. The maximum absolute atomic E-state index is 12.6. The van der Waals surface area contributed by atoms with Crippen LogP contribution >= 0.6 is 0 Å². The first-order valence-electron chi connectivity index (χ1n) is 8.99. The van der Waals surface area contributed by atoms with Crippen molar-refractivity contribution in [2.24, 2.45) is 0 Å². The van der Waals surface area contributed by atoms with Gasteiger partial charge in [0, 0.05) is 30.3 Å². The summed E-state index contributed by atoms with van der Waals surface area (Å²) in [5.74, 6) is 1.73. The van der Waals surface area contributed by atoms with E-state index in [0.29, 0.717) is 41.5 Å². The van der Waals surface area contributed by atoms with E-state index < -0.39 is 0 Å². The standard InChI is InChI=1S/C21H21N3O4/c1-27-18-8-7-13(11-19(18)28-2)22-20(26)12-14-17(25)9-10-24-16-6-4-3-5-15(16)23-21(14)24/h3-8,11,25H,9-10,12H2,1-2H3,(H,22,26). The van der Waals surface area contributed by atoms with E-state index in [9.17, 15) is 9.90 Å². The van der Waals surface area contributed by atoms with Gasteiger partial charge in [-0.05, 0) is 24.3 Å². The van der Waals surface area contributed by atoms with Crippen molar-refractivity contribution < 1.29 is 19.4 Å². The molecule has 2 aromatic carbocycles. The van der Waals surface area contributed by atoms with E-state index in [1.165, 1.54) is 0 Å². The van der Waals surface area contributed by atoms with E-state index in [-0.39, 0.29) is 18.1 Å². The number of allylic oxidation sites excluding steroid dienone is 1. The number of hydrogen-bond acceptors (Lipinski definition) is 5. The molecule has 1 amide bonds. The molecule has 2 heterocycles. The van der Waals surface area contributed by atoms with Crippen molar-refractivity contribution in [2.75, 3.05) is 19.5 Å². The summed E-state index contributed by atoms with van der Waals surface area (Å²) in [6.07, 6.45) is 0.510. The fraction of sp³-hybridized carbons (Fsp3) is 0.238. The van der Waals surface area contributed by atoms with Gasteiger partial charge in [-0.2, -0.15) is 0 Å². The quantitative estimate of drug-likeness (QED) is 0.705. The molecule has 0 atom stereocenters. The molecule has 144 valence electrons. The second kappa shape index (κ2) is 7.26. The molecule has 0 aliphatic carbocycles. The molecular formula is C21H21N3O4. The van der Waals surface area contributed by atoms with Crippen LogP contribution < -0.4 is 14.8 Å². The van der Waals surface area contributed by atoms with Crippen LogP contribution in [0.1, 0.15) is 18.7 Å². The molecule has 2 N–H and O–H groups in total. The number of para-hydroxylation sites is 2. The normalized spacial score (nSPS) is 13.4. The number of rotatable bonds is 5. The highest BCUT2D eigenvalue weighted by atomic mass is 16.5. The van der Waals surface area contributed by atoms with Gasteiger partial charge in [-0.3, -0.25) is 4.79 Å². The second-order valence-electron chi connectivity index (χ2n) is 6.55. The maximum Gasteiger partial charge on any atom is 0.229 e. The Labute approximate surface area is 162 Å². The van der Waals surface area contributed by atoms with Crippen molar-refractivity contribution in [3.63, 3.8) is 0 Å². The molecule has 1 aromatic heterocycles. The molecule has 3 aromatic rings. The lowest BCUT2D eigenvalue weighted by Crippen LogP contribution is -2.18. The Balaban J connectivity index is 1.58. The summed E-state index contributed by atoms with van der Waals surface area (Å²) in [6.45, 7) is 0.641. The van der Waals surface area contributed by atoms with Gasteiger partial charge < -0.3 is 24.5 Å². The van der Waals surface area contributed by atoms with E-state index in [1.54, 1.807) is 32.4 Å². The Hall–Kier alpha value is -3.48. The summed E-state index contributed by atoms with van der Waals surface area (Å²) in [4.78, 5) is 17.3. The average molecular weight is 379 g/mol. The SMILES string of the molecule is COc1ccc(NC(=O)CC2=C(O)CCn3c2nc2ccccc23)cc1OC. The van der Waals surface area contributed by atoms with Crippen LogP contribution in [0.3, 0.4) is 0 Å². The van der Waals surface area contributed by atoms with Crippen LogP contribution in [0.25, 0.3) is 16.6 Å². The molecule has 0 fully saturated rings. The molecule has 0 saturated heterocycles. The molecule has 0 radical (unpaired) electrons. The molecule has 1 aliphatic heterocycles. The minimum Gasteiger partial charge on any atom is -0.512 e. The average Bonchev–Trinajstić information content (AvgIpc) is 3.09. The molecule has 0 spiro atoms. The molecule has 7 nitrogen and oxygen atoms in total. The van der Waals surface area contributed by atoms with Crippen LogP contribution in [0.5, 0.6) is 11.5 Å². The number of carbonyl (C=O) groups is 1. The number of aliphatic hydroxyl groups is 1. The van der Waals surface area contributed by atoms with E-state index in [2.05, 4.69) is 10.3 Å². The van der Waals surface area contributed by atoms with Crippen LogP contribution in [-0.4, -0.2) is 34.8 Å². The first-order chi connectivity index (χ1) is 13.6. The summed E-state index contributed by atoms with van der Waals surface area (Å²) < 4.78 is 12.5. The van der Waals surface area contributed by atoms with Gasteiger partial charge in [-0.15, -0.1) is 0 Å². The van der Waals surface area contributed by atoms with Crippen molar-refractivity contribution in [1.29, 1.82) is 0 Å². The number of ether oxygens (including phenoxy) is 2. The lowest BCUT2D eigenvalue weighted by Gasteiger charge is -2.19. The molecule has 1 aliphatic rings. The van der Waals surface area contributed by atoms with Crippen LogP contribution in [0, 0.1) is 0 Å². The number of nitrogens with one attached hydrogen (secondary N) is 1. The zero-order valence-electron chi connectivity index (χ0n) is 15.7. The highest BCUT2D eigenvalue weighted by molar-refractivity contribution is 5.98. The van der Waals surface area contributed by atoms with E-state index in [0.717, 1.165) is 11.0 Å². The van der Waals surface area contributed by atoms with Crippen LogP contribution in [0.2, 0.25) is 0 Å². The molecular weight excluding hydrogens is 358 g/mol. The fourth-order valence-corrected chi connectivity index (χ4v) is 3.49. The molecule has 28 heavy (non-hydrogen) atoms. The Morgan fingerprint density at radius 2 is 1.96 bits per heavy atom. The van der Waals surface area contributed by atoms with Gasteiger partial charge in [-0.25, -0.2) is 4.98 Å². The number of methoxy groups -OCH3 is 2. The minimum atomic E-state index is -0.241. The van der Waals surface area contributed by atoms with Crippen LogP contribution in [-0.2, 0) is 11.3 Å². The van der Waals surface area contributed by atoms with Gasteiger partial charge in [0.2, 0.25) is 5.91 Å². The predicted octanol–water partition coefficient (Wildman–Crippen LogP) is 3.76. The Bertz CT molecular complexity index is 1080. The van der Waals surface area contributed by atoms with Crippen molar-refractivity contribution in [3.05, 3.63) is 54.0 Å². The monoisotopic (exact) mass is 379 g/mol. The smallest absolute Gasteiger partial charge is 0.229 e. The third-order valence-electron chi connectivity index (χ3n) is 4.85. The summed E-state index contributed by atoms with van der Waals surface area (Å²) in [5, 5.41) is 13.3. The molecule has 0 unspecified atom stereocenters. The maximum atomic E-state index is 12.6. The van der Waals surface area contributed by atoms with Crippen LogP contribution in [0.15, 0.2) is 48.2 Å². The summed E-state index contributed by atoms with van der Waals surface area (Å²) in [6, 6.07) is 13.0. The topological polar surface area (TPSA) is 85.6 Å². The predicted molar refractivity (Wildman–Crippen MR) is 107 cm³/mol. The number of imidazole rings is 1. The summed E-state index contributed by atoms with van der Waals surface area (Å²) in [5.41, 5.74) is 3.00. The van der Waals surface area contributed by atoms with Gasteiger partial charge in [0.25, 0.3) is 0 Å². The number of anilines is 1. The number of hydrogen-bond donors (Lipinski definition) is 2. The zero-order valence-corrected chi connectivity index (χ0v) is 15.7. The zero-order chi connectivity index (χ0) is 19.7. The summed E-state index contributed by atoms with van der Waals surface area (Å²) >= 11 is 0. The highest BCUT2D eigenvalue weighted by Crippen LogP contribution is 2.33. The largest absolute Gasteiger partial charge is 0.512 e. The lowest BCUT2D eigenvalue weighted by atomic mass is 10.0. The summed E-state index contributed by atoms with van der Waals surface area (Å²) in [7, 11) is 3.10. The number of aromatic nitrogens is 2.